The van der Waals surface area contributed by atoms with E-state index in [0.717, 1.165) is 25.1 Å². The molecule has 0 radical (unpaired) electrons. The van der Waals surface area contributed by atoms with E-state index in [9.17, 15) is 9.90 Å². The van der Waals surface area contributed by atoms with Crippen molar-refractivity contribution in [3.05, 3.63) is 29.8 Å². The molecule has 1 aliphatic heterocycles. The van der Waals surface area contributed by atoms with Crippen LogP contribution in [-0.4, -0.2) is 47.9 Å². The van der Waals surface area contributed by atoms with Crippen molar-refractivity contribution in [1.82, 2.24) is 10.2 Å². The lowest BCUT2D eigenvalue weighted by molar-refractivity contribution is 0.129. The average molecular weight is 346 g/mol. The van der Waals surface area contributed by atoms with Crippen molar-refractivity contribution in [3.63, 3.8) is 0 Å². The first-order valence-corrected chi connectivity index (χ1v) is 9.58. The van der Waals surface area contributed by atoms with Gasteiger partial charge in [-0.3, -0.25) is 0 Å². The molecule has 25 heavy (non-hydrogen) atoms. The summed E-state index contributed by atoms with van der Waals surface area (Å²) >= 11 is 0. The zero-order valence-electron chi connectivity index (χ0n) is 15.1. The van der Waals surface area contributed by atoms with E-state index in [1.54, 1.807) is 11.8 Å². The molecule has 1 saturated carbocycles. The summed E-state index contributed by atoms with van der Waals surface area (Å²) in [6.45, 7) is 3.80. The summed E-state index contributed by atoms with van der Waals surface area (Å²) < 4.78 is 5.97. The molecule has 0 aromatic heterocycles. The number of urea groups is 1. The third kappa shape index (κ3) is 5.11. The molecule has 0 spiro atoms. The molecule has 2 fully saturated rings. The van der Waals surface area contributed by atoms with Gasteiger partial charge in [0.1, 0.15) is 5.75 Å². The van der Waals surface area contributed by atoms with E-state index in [4.69, 9.17) is 4.74 Å². The third-order valence-corrected chi connectivity index (χ3v) is 5.41. The maximum atomic E-state index is 12.2. The van der Waals surface area contributed by atoms with Crippen LogP contribution in [-0.2, 0) is 6.42 Å². The zero-order valence-corrected chi connectivity index (χ0v) is 15.1. The lowest BCUT2D eigenvalue weighted by atomic mass is 10.0. The van der Waals surface area contributed by atoms with E-state index in [1.165, 1.54) is 31.2 Å². The van der Waals surface area contributed by atoms with Crippen molar-refractivity contribution in [2.45, 2.75) is 57.7 Å². The number of hydrogen-bond acceptors (Lipinski definition) is 3. The Kier molecular flexibility index (Phi) is 6.19. The molecule has 1 saturated heterocycles. The average Bonchev–Trinajstić information content (AvgIpc) is 3.28. The fourth-order valence-electron chi connectivity index (χ4n) is 3.72. The normalized spacial score (nSPS) is 22.2. The van der Waals surface area contributed by atoms with Crippen molar-refractivity contribution >= 4 is 6.03 Å². The zero-order chi connectivity index (χ0) is 17.6. The van der Waals surface area contributed by atoms with E-state index in [2.05, 4.69) is 17.4 Å². The number of nitrogens with zero attached hydrogens (tertiary/aromatic N) is 1. The van der Waals surface area contributed by atoms with Gasteiger partial charge < -0.3 is 20.1 Å². The van der Waals surface area contributed by atoms with Gasteiger partial charge in [0.15, 0.2) is 0 Å². The van der Waals surface area contributed by atoms with Crippen molar-refractivity contribution in [2.75, 3.05) is 19.6 Å². The molecule has 1 heterocycles. The SMILES string of the molecule is C[C@H](O)[C@@H]1CCN(C(=O)NCCc2ccc(OC3CCCC3)cc2)C1. The third-order valence-electron chi connectivity index (χ3n) is 5.41. The molecule has 2 amide bonds. The molecule has 0 unspecified atom stereocenters. The first kappa shape index (κ1) is 18.1. The summed E-state index contributed by atoms with van der Waals surface area (Å²) in [6, 6.07) is 8.20. The number of rotatable bonds is 6. The highest BCUT2D eigenvalue weighted by atomic mass is 16.5. The number of benzene rings is 1. The summed E-state index contributed by atoms with van der Waals surface area (Å²) in [5.74, 6) is 1.15. The maximum Gasteiger partial charge on any atom is 0.317 e. The Morgan fingerprint density at radius 1 is 1.28 bits per heavy atom. The molecule has 0 bridgehead atoms. The molecular formula is C20H30N2O3. The van der Waals surface area contributed by atoms with Crippen LogP contribution in [0.15, 0.2) is 24.3 Å². The van der Waals surface area contributed by atoms with Crippen molar-refractivity contribution in [2.24, 2.45) is 5.92 Å². The lowest BCUT2D eigenvalue weighted by Gasteiger charge is -2.18. The van der Waals surface area contributed by atoms with Crippen LogP contribution in [0, 0.1) is 5.92 Å². The number of carbonyl (C=O) groups excluding carboxylic acids is 1. The molecule has 138 valence electrons. The summed E-state index contributed by atoms with van der Waals surface area (Å²) in [5, 5.41) is 12.6. The van der Waals surface area contributed by atoms with Gasteiger partial charge in [0.2, 0.25) is 0 Å². The van der Waals surface area contributed by atoms with Crippen LogP contribution in [0.4, 0.5) is 4.79 Å². The first-order chi connectivity index (χ1) is 12.1. The summed E-state index contributed by atoms with van der Waals surface area (Å²) in [6.07, 6.45) is 6.62. The van der Waals surface area contributed by atoms with E-state index in [1.807, 2.05) is 12.1 Å². The smallest absolute Gasteiger partial charge is 0.317 e. The number of ether oxygens (including phenoxy) is 1. The van der Waals surface area contributed by atoms with Gasteiger partial charge in [-0.2, -0.15) is 0 Å². The topological polar surface area (TPSA) is 61.8 Å². The Morgan fingerprint density at radius 3 is 2.64 bits per heavy atom. The fraction of sp³-hybridized carbons (Fsp3) is 0.650. The number of amides is 2. The van der Waals surface area contributed by atoms with Gasteiger partial charge in [-0.15, -0.1) is 0 Å². The Morgan fingerprint density at radius 2 is 2.00 bits per heavy atom. The summed E-state index contributed by atoms with van der Waals surface area (Å²) in [5.41, 5.74) is 1.20. The van der Waals surface area contributed by atoms with Crippen LogP contribution in [0.5, 0.6) is 5.75 Å². The molecule has 1 aliphatic carbocycles. The van der Waals surface area contributed by atoms with Gasteiger partial charge in [-0.1, -0.05) is 12.1 Å². The Hall–Kier alpha value is -1.75. The second kappa shape index (κ2) is 8.56. The number of hydrogen-bond donors (Lipinski definition) is 2. The highest BCUT2D eigenvalue weighted by Crippen LogP contribution is 2.24. The maximum absolute atomic E-state index is 12.2. The number of aliphatic hydroxyl groups is 1. The minimum atomic E-state index is -0.345. The molecular weight excluding hydrogens is 316 g/mol. The summed E-state index contributed by atoms with van der Waals surface area (Å²) in [4.78, 5) is 14.0. The molecule has 3 rings (SSSR count). The van der Waals surface area contributed by atoms with Crippen LogP contribution in [0.2, 0.25) is 0 Å². The van der Waals surface area contributed by atoms with Crippen LogP contribution in [0.3, 0.4) is 0 Å². The standard InChI is InChI=1S/C20H30N2O3/c1-15(23)17-11-13-22(14-17)20(24)21-12-10-16-6-8-19(9-7-16)25-18-4-2-3-5-18/h6-9,15,17-18,23H,2-5,10-14H2,1H3,(H,21,24)/t15-,17+/m0/s1. The number of aliphatic hydroxyl groups excluding tert-OH is 1. The Labute approximate surface area is 150 Å². The van der Waals surface area contributed by atoms with Gasteiger partial charge in [0.25, 0.3) is 0 Å². The van der Waals surface area contributed by atoms with Crippen molar-refractivity contribution < 1.29 is 14.6 Å². The predicted octanol–water partition coefficient (Wildman–Crippen LogP) is 2.96. The first-order valence-electron chi connectivity index (χ1n) is 9.58. The molecule has 5 nitrogen and oxygen atoms in total. The largest absolute Gasteiger partial charge is 0.490 e. The van der Waals surface area contributed by atoms with Gasteiger partial charge >= 0.3 is 6.03 Å². The van der Waals surface area contributed by atoms with E-state index in [0.29, 0.717) is 19.2 Å². The Balaban J connectivity index is 1.37. The Bertz CT molecular complexity index is 553. The fourth-order valence-corrected chi connectivity index (χ4v) is 3.72. The molecule has 1 aromatic carbocycles. The van der Waals surface area contributed by atoms with E-state index < -0.39 is 0 Å². The van der Waals surface area contributed by atoms with Gasteiger partial charge in [-0.05, 0) is 63.1 Å². The number of nitrogens with one attached hydrogen (secondary N) is 1. The number of carbonyl (C=O) groups is 1. The minimum absolute atomic E-state index is 0.0238. The van der Waals surface area contributed by atoms with Crippen LogP contribution in [0.1, 0.15) is 44.6 Å². The van der Waals surface area contributed by atoms with Crippen LogP contribution >= 0.6 is 0 Å². The van der Waals surface area contributed by atoms with E-state index >= 15 is 0 Å². The van der Waals surface area contributed by atoms with E-state index in [-0.39, 0.29) is 18.1 Å². The van der Waals surface area contributed by atoms with Gasteiger partial charge in [-0.25, -0.2) is 4.79 Å². The van der Waals surface area contributed by atoms with Crippen LogP contribution < -0.4 is 10.1 Å². The highest BCUT2D eigenvalue weighted by Gasteiger charge is 2.28. The van der Waals surface area contributed by atoms with Gasteiger partial charge in [0, 0.05) is 25.6 Å². The van der Waals surface area contributed by atoms with Crippen LogP contribution in [0.25, 0.3) is 0 Å². The molecule has 1 aromatic rings. The molecule has 2 atom stereocenters. The monoisotopic (exact) mass is 346 g/mol. The lowest BCUT2D eigenvalue weighted by Crippen LogP contribution is -2.39. The second-order valence-electron chi connectivity index (χ2n) is 7.39. The predicted molar refractivity (Wildman–Crippen MR) is 97.8 cm³/mol. The quantitative estimate of drug-likeness (QED) is 0.832. The molecule has 2 aliphatic rings. The van der Waals surface area contributed by atoms with Crippen molar-refractivity contribution in [3.8, 4) is 5.75 Å². The number of likely N-dealkylation sites (tertiary alicyclic amines) is 1. The molecule has 5 heteroatoms. The molecule has 2 N–H and O–H groups in total. The minimum Gasteiger partial charge on any atom is -0.490 e. The van der Waals surface area contributed by atoms with Gasteiger partial charge in [0.05, 0.1) is 12.2 Å². The summed E-state index contributed by atoms with van der Waals surface area (Å²) in [7, 11) is 0. The second-order valence-corrected chi connectivity index (χ2v) is 7.39. The van der Waals surface area contributed by atoms with Crippen molar-refractivity contribution in [1.29, 1.82) is 0 Å². The highest BCUT2D eigenvalue weighted by molar-refractivity contribution is 5.74.